The number of aromatic amines is 1. The molecule has 8 heteroatoms. The van der Waals surface area contributed by atoms with Crippen molar-refractivity contribution < 1.29 is 9.47 Å². The van der Waals surface area contributed by atoms with Crippen LogP contribution in [-0.2, 0) is 6.42 Å². The molecule has 3 rings (SSSR count). The lowest BCUT2D eigenvalue weighted by Crippen LogP contribution is -2.01. The second kappa shape index (κ2) is 8.77. The van der Waals surface area contributed by atoms with Gasteiger partial charge in [0.2, 0.25) is 4.77 Å². The first-order chi connectivity index (χ1) is 12.7. The lowest BCUT2D eigenvalue weighted by molar-refractivity contribution is 0.288. The van der Waals surface area contributed by atoms with Crippen molar-refractivity contribution >= 4 is 29.8 Å². The van der Waals surface area contributed by atoms with Crippen molar-refractivity contribution in [3.8, 4) is 11.5 Å². The van der Waals surface area contributed by atoms with E-state index in [1.165, 1.54) is 4.88 Å². The first-order valence-electron chi connectivity index (χ1n) is 8.34. The topological polar surface area (TPSA) is 64.4 Å². The highest BCUT2D eigenvalue weighted by Crippen LogP contribution is 2.28. The van der Waals surface area contributed by atoms with Crippen LogP contribution < -0.4 is 9.47 Å². The van der Waals surface area contributed by atoms with E-state index in [0.29, 0.717) is 30.2 Å². The zero-order valence-corrected chi connectivity index (χ0v) is 16.3. The number of hydrogen-bond donors (Lipinski definition) is 1. The van der Waals surface area contributed by atoms with E-state index in [2.05, 4.69) is 21.4 Å². The normalized spacial score (nSPS) is 11.2. The predicted octanol–water partition coefficient (Wildman–Crippen LogP) is 4.27. The average molecular weight is 389 g/mol. The van der Waals surface area contributed by atoms with Gasteiger partial charge in [-0.25, -0.2) is 0 Å². The molecule has 0 aliphatic heterocycles. The Morgan fingerprint density at radius 3 is 2.77 bits per heavy atom. The Morgan fingerprint density at radius 2 is 2.04 bits per heavy atom. The van der Waals surface area contributed by atoms with Crippen LogP contribution in [0.15, 0.2) is 40.8 Å². The number of thiophene rings is 1. The van der Waals surface area contributed by atoms with Gasteiger partial charge in [0.1, 0.15) is 0 Å². The molecule has 0 fully saturated rings. The van der Waals surface area contributed by atoms with Crippen molar-refractivity contribution in [2.24, 2.45) is 5.10 Å². The minimum atomic E-state index is 0.462. The third-order valence-electron chi connectivity index (χ3n) is 3.52. The molecule has 0 aliphatic carbocycles. The molecule has 0 atom stereocenters. The Morgan fingerprint density at radius 1 is 1.23 bits per heavy atom. The number of nitrogens with one attached hydrogen (secondary N) is 1. The van der Waals surface area contributed by atoms with Crippen molar-refractivity contribution in [3.05, 3.63) is 56.7 Å². The van der Waals surface area contributed by atoms with Gasteiger partial charge in [-0.1, -0.05) is 6.07 Å². The summed E-state index contributed by atoms with van der Waals surface area (Å²) in [6, 6.07) is 9.80. The monoisotopic (exact) mass is 388 g/mol. The zero-order chi connectivity index (χ0) is 18.4. The minimum absolute atomic E-state index is 0.462. The quantitative estimate of drug-likeness (QED) is 0.462. The highest BCUT2D eigenvalue weighted by Gasteiger charge is 2.08. The fourth-order valence-corrected chi connectivity index (χ4v) is 3.30. The standard InChI is InChI=1S/C18H20N4O2S2/c1-3-23-15-8-7-13(10-16(15)24-4-2)12-19-22-17(20-21-18(22)25)11-14-6-5-9-26-14/h5-10,12H,3-4,11H2,1-2H3,(H,21,25)/b19-12-. The maximum atomic E-state index is 5.65. The molecule has 6 nitrogen and oxygen atoms in total. The van der Waals surface area contributed by atoms with Crippen molar-refractivity contribution in [3.63, 3.8) is 0 Å². The van der Waals surface area contributed by atoms with Crippen molar-refractivity contribution in [1.82, 2.24) is 14.9 Å². The van der Waals surface area contributed by atoms with E-state index >= 15 is 0 Å². The van der Waals surface area contributed by atoms with E-state index in [1.807, 2.05) is 43.5 Å². The van der Waals surface area contributed by atoms with E-state index in [9.17, 15) is 0 Å². The molecule has 136 valence electrons. The van der Waals surface area contributed by atoms with Gasteiger partial charge in [-0.15, -0.1) is 11.3 Å². The molecular weight excluding hydrogens is 368 g/mol. The summed E-state index contributed by atoms with van der Waals surface area (Å²) < 4.78 is 13.3. The summed E-state index contributed by atoms with van der Waals surface area (Å²) in [6.45, 7) is 5.04. The zero-order valence-electron chi connectivity index (χ0n) is 14.6. The number of aromatic nitrogens is 3. The van der Waals surface area contributed by atoms with Gasteiger partial charge in [0, 0.05) is 11.3 Å². The van der Waals surface area contributed by atoms with Crippen LogP contribution in [0.5, 0.6) is 11.5 Å². The highest BCUT2D eigenvalue weighted by molar-refractivity contribution is 7.71. The van der Waals surface area contributed by atoms with Crippen molar-refractivity contribution in [2.75, 3.05) is 13.2 Å². The van der Waals surface area contributed by atoms with Gasteiger partial charge in [0.15, 0.2) is 17.3 Å². The SMILES string of the molecule is CCOc1ccc(/C=N\n2c(Cc3cccs3)n[nH]c2=S)cc1OCC. The molecule has 26 heavy (non-hydrogen) atoms. The van der Waals surface area contributed by atoms with Crippen LogP contribution in [-0.4, -0.2) is 34.3 Å². The maximum absolute atomic E-state index is 5.65. The number of H-pyrrole nitrogens is 1. The summed E-state index contributed by atoms with van der Waals surface area (Å²) >= 11 is 6.98. The summed E-state index contributed by atoms with van der Waals surface area (Å²) in [7, 11) is 0. The van der Waals surface area contributed by atoms with Crippen LogP contribution in [0.2, 0.25) is 0 Å². The van der Waals surface area contributed by atoms with E-state index in [1.54, 1.807) is 22.2 Å². The molecule has 1 aromatic carbocycles. The van der Waals surface area contributed by atoms with Gasteiger partial charge in [0.05, 0.1) is 19.4 Å². The van der Waals surface area contributed by atoms with Crippen LogP contribution in [0.3, 0.4) is 0 Å². The van der Waals surface area contributed by atoms with Gasteiger partial charge >= 0.3 is 0 Å². The van der Waals surface area contributed by atoms with Crippen molar-refractivity contribution in [2.45, 2.75) is 20.3 Å². The number of rotatable bonds is 8. The van der Waals surface area contributed by atoms with Crippen LogP contribution in [0.25, 0.3) is 0 Å². The van der Waals surface area contributed by atoms with Crippen LogP contribution >= 0.6 is 23.6 Å². The van der Waals surface area contributed by atoms with Gasteiger partial charge in [0.25, 0.3) is 0 Å². The molecule has 3 aromatic rings. The van der Waals surface area contributed by atoms with E-state index in [0.717, 1.165) is 17.1 Å². The summed E-state index contributed by atoms with van der Waals surface area (Å²) in [5, 5.41) is 13.6. The molecule has 2 aromatic heterocycles. The highest BCUT2D eigenvalue weighted by atomic mass is 32.1. The molecule has 2 heterocycles. The minimum Gasteiger partial charge on any atom is -0.490 e. The molecule has 0 unspecified atom stereocenters. The fourth-order valence-electron chi connectivity index (χ4n) is 2.40. The van der Waals surface area contributed by atoms with E-state index in [4.69, 9.17) is 21.7 Å². The summed E-state index contributed by atoms with van der Waals surface area (Å²) in [6.07, 6.45) is 2.41. The van der Waals surface area contributed by atoms with Crippen LogP contribution in [0.1, 0.15) is 30.1 Å². The Kier molecular flexibility index (Phi) is 6.19. The second-order valence-corrected chi connectivity index (χ2v) is 6.75. The number of benzene rings is 1. The summed E-state index contributed by atoms with van der Waals surface area (Å²) in [5.41, 5.74) is 0.891. The van der Waals surface area contributed by atoms with Gasteiger partial charge in [-0.2, -0.15) is 14.9 Å². The Balaban J connectivity index is 1.85. The Labute approximate surface area is 161 Å². The summed E-state index contributed by atoms with van der Waals surface area (Å²) in [4.78, 5) is 1.20. The molecule has 1 N–H and O–H groups in total. The number of ether oxygens (including phenoxy) is 2. The molecule has 0 saturated heterocycles. The number of nitrogens with zero attached hydrogens (tertiary/aromatic N) is 3. The molecule has 0 aliphatic rings. The Hall–Kier alpha value is -2.45. The van der Waals surface area contributed by atoms with Gasteiger partial charge in [-0.3, -0.25) is 5.10 Å². The lowest BCUT2D eigenvalue weighted by Gasteiger charge is -2.11. The van der Waals surface area contributed by atoms with Gasteiger partial charge in [-0.05, 0) is 61.3 Å². The maximum Gasteiger partial charge on any atom is 0.216 e. The second-order valence-electron chi connectivity index (χ2n) is 5.33. The number of hydrogen-bond acceptors (Lipinski definition) is 6. The van der Waals surface area contributed by atoms with Crippen LogP contribution in [0.4, 0.5) is 0 Å². The predicted molar refractivity (Wildman–Crippen MR) is 106 cm³/mol. The third kappa shape index (κ3) is 4.39. The lowest BCUT2D eigenvalue weighted by atomic mass is 10.2. The molecular formula is C18H20N4O2S2. The van der Waals surface area contributed by atoms with E-state index in [-0.39, 0.29) is 0 Å². The first kappa shape index (κ1) is 18.3. The molecule has 0 spiro atoms. The molecule has 0 bridgehead atoms. The van der Waals surface area contributed by atoms with E-state index < -0.39 is 0 Å². The smallest absolute Gasteiger partial charge is 0.216 e. The van der Waals surface area contributed by atoms with Gasteiger partial charge < -0.3 is 9.47 Å². The van der Waals surface area contributed by atoms with Crippen molar-refractivity contribution in [1.29, 1.82) is 0 Å². The third-order valence-corrected chi connectivity index (χ3v) is 4.66. The molecule has 0 radical (unpaired) electrons. The van der Waals surface area contributed by atoms with Crippen LogP contribution in [0, 0.1) is 4.77 Å². The largest absolute Gasteiger partial charge is 0.490 e. The molecule has 0 saturated carbocycles. The first-order valence-corrected chi connectivity index (χ1v) is 9.62. The average Bonchev–Trinajstić information content (AvgIpc) is 3.26. The fraction of sp³-hybridized carbons (Fsp3) is 0.278. The molecule has 0 amide bonds. The summed E-state index contributed by atoms with van der Waals surface area (Å²) in [5.74, 6) is 2.20. The Bertz CT molecular complexity index is 929.